The topological polar surface area (TPSA) is 189 Å². The van der Waals surface area contributed by atoms with E-state index in [0.717, 1.165) is 0 Å². The van der Waals surface area contributed by atoms with Crippen molar-refractivity contribution in [2.24, 2.45) is 5.92 Å². The van der Waals surface area contributed by atoms with Gasteiger partial charge < -0.3 is 40.7 Å². The highest BCUT2D eigenvalue weighted by Gasteiger charge is 2.51. The standard InChI is InChI=1S/C20H30N2O9/c1-10(2)15(22-20(9-23)17(27)16(26)14(25)8-31-20)18(28)21-13(19(29)30)7-11-3-5-12(24)6-4-11/h3-6,10,13-17,22-27H,7-9H2,1-2H3,(H,21,28)(H,29,30)/t13?,14-,15?,16-,17+,20-/m1/s1. The maximum atomic E-state index is 12.9. The number of aliphatic hydroxyl groups is 4. The highest BCUT2D eigenvalue weighted by molar-refractivity contribution is 5.87. The van der Waals surface area contributed by atoms with Gasteiger partial charge >= 0.3 is 5.97 Å². The van der Waals surface area contributed by atoms with Crippen LogP contribution in [-0.4, -0.2) is 91.8 Å². The van der Waals surface area contributed by atoms with Crippen LogP contribution in [0.3, 0.4) is 0 Å². The quantitative estimate of drug-likeness (QED) is 0.211. The van der Waals surface area contributed by atoms with Gasteiger partial charge in [-0.2, -0.15) is 0 Å². The molecule has 0 radical (unpaired) electrons. The van der Waals surface area contributed by atoms with Crippen molar-refractivity contribution >= 4 is 11.9 Å². The van der Waals surface area contributed by atoms with Crippen LogP contribution < -0.4 is 10.6 Å². The van der Waals surface area contributed by atoms with Gasteiger partial charge in [0.15, 0.2) is 5.72 Å². The number of rotatable bonds is 9. The number of aromatic hydroxyl groups is 1. The van der Waals surface area contributed by atoms with E-state index in [-0.39, 0.29) is 12.2 Å². The van der Waals surface area contributed by atoms with Crippen LogP contribution >= 0.6 is 0 Å². The van der Waals surface area contributed by atoms with Crippen molar-refractivity contribution in [2.75, 3.05) is 13.2 Å². The number of aliphatic hydroxyl groups excluding tert-OH is 4. The molecule has 6 atom stereocenters. The van der Waals surface area contributed by atoms with Crippen LogP contribution in [0.2, 0.25) is 0 Å². The fourth-order valence-electron chi connectivity index (χ4n) is 3.34. The van der Waals surface area contributed by atoms with Crippen molar-refractivity contribution in [3.63, 3.8) is 0 Å². The first-order chi connectivity index (χ1) is 14.5. The molecule has 1 aromatic rings. The summed E-state index contributed by atoms with van der Waals surface area (Å²) in [7, 11) is 0. The van der Waals surface area contributed by atoms with E-state index in [1.165, 1.54) is 24.3 Å². The highest BCUT2D eigenvalue weighted by atomic mass is 16.6. The van der Waals surface area contributed by atoms with Crippen molar-refractivity contribution in [3.8, 4) is 5.75 Å². The van der Waals surface area contributed by atoms with E-state index in [9.17, 15) is 40.2 Å². The zero-order valence-electron chi connectivity index (χ0n) is 17.3. The molecular formula is C20H30N2O9. The van der Waals surface area contributed by atoms with Gasteiger partial charge in [-0.15, -0.1) is 0 Å². The molecule has 0 aromatic heterocycles. The van der Waals surface area contributed by atoms with Crippen LogP contribution in [0.1, 0.15) is 19.4 Å². The molecule has 31 heavy (non-hydrogen) atoms. The Morgan fingerprint density at radius 3 is 2.32 bits per heavy atom. The Hall–Kier alpha value is -2.28. The van der Waals surface area contributed by atoms with Crippen LogP contribution in [0.25, 0.3) is 0 Å². The number of ether oxygens (including phenoxy) is 1. The molecule has 11 nitrogen and oxygen atoms in total. The van der Waals surface area contributed by atoms with Gasteiger partial charge in [0.2, 0.25) is 5.91 Å². The number of carboxylic acids is 1. The minimum absolute atomic E-state index is 0.0244. The number of amides is 1. The summed E-state index contributed by atoms with van der Waals surface area (Å²) in [6.45, 7) is 2.12. The predicted octanol–water partition coefficient (Wildman–Crippen LogP) is -2.08. The Balaban J connectivity index is 2.17. The number of carbonyl (C=O) groups excluding carboxylic acids is 1. The van der Waals surface area contributed by atoms with Crippen LogP contribution in [0.4, 0.5) is 0 Å². The molecule has 2 unspecified atom stereocenters. The molecule has 1 saturated heterocycles. The Morgan fingerprint density at radius 1 is 1.19 bits per heavy atom. The summed E-state index contributed by atoms with van der Waals surface area (Å²) >= 11 is 0. The number of phenolic OH excluding ortho intramolecular Hbond substituents is 1. The normalized spacial score (nSPS) is 28.2. The molecule has 174 valence electrons. The third kappa shape index (κ3) is 5.91. The first-order valence-electron chi connectivity index (χ1n) is 9.88. The van der Waals surface area contributed by atoms with Gasteiger partial charge in [-0.1, -0.05) is 26.0 Å². The molecule has 1 fully saturated rings. The molecule has 0 spiro atoms. The molecule has 1 aliphatic heterocycles. The second-order valence-corrected chi connectivity index (χ2v) is 8.00. The maximum absolute atomic E-state index is 12.9. The van der Waals surface area contributed by atoms with Crippen LogP contribution in [-0.2, 0) is 20.7 Å². The maximum Gasteiger partial charge on any atom is 0.326 e. The number of hydrogen-bond acceptors (Lipinski definition) is 9. The largest absolute Gasteiger partial charge is 0.508 e. The van der Waals surface area contributed by atoms with E-state index in [1.807, 2.05) is 0 Å². The first-order valence-corrected chi connectivity index (χ1v) is 9.88. The van der Waals surface area contributed by atoms with E-state index < -0.39 is 67.1 Å². The number of phenols is 1. The van der Waals surface area contributed by atoms with E-state index in [0.29, 0.717) is 5.56 Å². The molecular weight excluding hydrogens is 412 g/mol. The molecule has 1 heterocycles. The lowest BCUT2D eigenvalue weighted by atomic mass is 9.92. The minimum Gasteiger partial charge on any atom is -0.508 e. The molecule has 8 N–H and O–H groups in total. The average Bonchev–Trinajstić information content (AvgIpc) is 2.72. The molecule has 0 bridgehead atoms. The zero-order chi connectivity index (χ0) is 23.3. The van der Waals surface area contributed by atoms with Crippen LogP contribution in [0.5, 0.6) is 5.75 Å². The first kappa shape index (κ1) is 25.0. The van der Waals surface area contributed by atoms with Gasteiger partial charge in [0.25, 0.3) is 0 Å². The molecule has 11 heteroatoms. The summed E-state index contributed by atoms with van der Waals surface area (Å²) in [5, 5.41) is 63.8. The van der Waals surface area contributed by atoms with Gasteiger partial charge in [0, 0.05) is 6.42 Å². The molecule has 0 aliphatic carbocycles. The van der Waals surface area contributed by atoms with Crippen molar-refractivity contribution < 1.29 is 45.0 Å². The number of carbonyl (C=O) groups is 2. The second-order valence-electron chi connectivity index (χ2n) is 8.00. The summed E-state index contributed by atoms with van der Waals surface area (Å²) < 4.78 is 5.36. The molecule has 1 aliphatic rings. The predicted molar refractivity (Wildman–Crippen MR) is 107 cm³/mol. The highest BCUT2D eigenvalue weighted by Crippen LogP contribution is 2.25. The van der Waals surface area contributed by atoms with Crippen LogP contribution in [0.15, 0.2) is 24.3 Å². The van der Waals surface area contributed by atoms with E-state index >= 15 is 0 Å². The third-order valence-corrected chi connectivity index (χ3v) is 5.28. The lowest BCUT2D eigenvalue weighted by molar-refractivity contribution is -0.261. The van der Waals surface area contributed by atoms with Crippen molar-refractivity contribution in [1.82, 2.24) is 10.6 Å². The third-order valence-electron chi connectivity index (χ3n) is 5.28. The monoisotopic (exact) mass is 442 g/mol. The van der Waals surface area contributed by atoms with E-state index in [2.05, 4.69) is 10.6 Å². The van der Waals surface area contributed by atoms with Crippen molar-refractivity contribution in [2.45, 2.75) is 56.4 Å². The van der Waals surface area contributed by atoms with Crippen molar-refractivity contribution in [1.29, 1.82) is 0 Å². The van der Waals surface area contributed by atoms with Gasteiger partial charge in [-0.3, -0.25) is 10.1 Å². The minimum atomic E-state index is -1.93. The van der Waals surface area contributed by atoms with Crippen LogP contribution in [0, 0.1) is 5.92 Å². The Kier molecular flexibility index (Phi) is 8.34. The zero-order valence-corrected chi connectivity index (χ0v) is 17.3. The summed E-state index contributed by atoms with van der Waals surface area (Å²) in [6.07, 6.45) is -4.78. The lowest BCUT2D eigenvalue weighted by Gasteiger charge is -2.46. The number of aliphatic carboxylic acids is 1. The number of benzene rings is 1. The number of hydrogen-bond donors (Lipinski definition) is 8. The summed E-state index contributed by atoms with van der Waals surface area (Å²) in [5.74, 6) is -2.39. The fraction of sp³-hybridized carbons (Fsp3) is 0.600. The van der Waals surface area contributed by atoms with Gasteiger partial charge in [-0.25, -0.2) is 4.79 Å². The SMILES string of the molecule is CC(C)C(N[C@]1(CO)OC[C@@H](O)[C@@H](O)[C@@H]1O)C(=O)NC(Cc1ccc(O)cc1)C(=O)O. The smallest absolute Gasteiger partial charge is 0.326 e. The second kappa shape index (κ2) is 10.4. The number of carboxylic acid groups (broad SMARTS) is 1. The fourth-order valence-corrected chi connectivity index (χ4v) is 3.34. The average molecular weight is 442 g/mol. The van der Waals surface area contributed by atoms with E-state index in [4.69, 9.17) is 4.74 Å². The summed E-state index contributed by atoms with van der Waals surface area (Å²) in [4.78, 5) is 24.6. The number of nitrogens with one attached hydrogen (secondary N) is 2. The molecule has 2 rings (SSSR count). The van der Waals surface area contributed by atoms with Gasteiger partial charge in [0.1, 0.15) is 30.1 Å². The van der Waals surface area contributed by atoms with Gasteiger partial charge in [-0.05, 0) is 23.6 Å². The van der Waals surface area contributed by atoms with E-state index in [1.54, 1.807) is 13.8 Å². The van der Waals surface area contributed by atoms with Crippen molar-refractivity contribution in [3.05, 3.63) is 29.8 Å². The lowest BCUT2D eigenvalue weighted by Crippen LogP contribution is -2.72. The summed E-state index contributed by atoms with van der Waals surface area (Å²) in [5.41, 5.74) is -1.35. The Bertz CT molecular complexity index is 758. The molecule has 0 saturated carbocycles. The Labute approximate surface area is 179 Å². The molecule has 1 aromatic carbocycles. The Morgan fingerprint density at radius 2 is 1.81 bits per heavy atom. The molecule has 1 amide bonds. The van der Waals surface area contributed by atoms with Gasteiger partial charge in [0.05, 0.1) is 19.3 Å². The summed E-state index contributed by atoms with van der Waals surface area (Å²) in [6, 6.07) is 3.49.